The van der Waals surface area contributed by atoms with Crippen molar-refractivity contribution < 1.29 is 9.53 Å². The van der Waals surface area contributed by atoms with Crippen LogP contribution in [0.5, 0.6) is 0 Å². The van der Waals surface area contributed by atoms with E-state index in [4.69, 9.17) is 5.73 Å². The molecule has 0 aliphatic heterocycles. The van der Waals surface area contributed by atoms with Crippen LogP contribution in [-0.2, 0) is 16.0 Å². The number of esters is 1. The number of carbonyl (C=O) groups excluding carboxylic acids is 1. The molecule has 2 atom stereocenters. The fourth-order valence-corrected chi connectivity index (χ4v) is 2.22. The molecule has 0 spiro atoms. The van der Waals surface area contributed by atoms with Crippen molar-refractivity contribution in [2.45, 2.75) is 45.6 Å². The molecule has 3 heteroatoms. The predicted molar refractivity (Wildman–Crippen MR) is 77.9 cm³/mol. The third-order valence-corrected chi connectivity index (χ3v) is 3.63. The lowest BCUT2D eigenvalue weighted by atomic mass is 9.91. The number of nitrogens with two attached hydrogens (primary N) is 1. The standard InChI is InChI=1S/C16H25NO2/c1-4-13(11-15(17)16(18)19-3)9-10-14-7-5-12(2)6-8-14/h5-8,13,15H,4,9-11,17H2,1-3H3. The molecule has 0 aliphatic carbocycles. The topological polar surface area (TPSA) is 52.3 Å². The Labute approximate surface area is 116 Å². The third-order valence-electron chi connectivity index (χ3n) is 3.63. The quantitative estimate of drug-likeness (QED) is 0.770. The Hall–Kier alpha value is -1.35. The first-order chi connectivity index (χ1) is 9.06. The van der Waals surface area contributed by atoms with Gasteiger partial charge in [0.15, 0.2) is 0 Å². The zero-order valence-electron chi connectivity index (χ0n) is 12.2. The van der Waals surface area contributed by atoms with Crippen LogP contribution in [0.4, 0.5) is 0 Å². The summed E-state index contributed by atoms with van der Waals surface area (Å²) < 4.78 is 4.67. The fraction of sp³-hybridized carbons (Fsp3) is 0.562. The van der Waals surface area contributed by atoms with Crippen LogP contribution in [0.1, 0.15) is 37.3 Å². The molecule has 0 aliphatic rings. The number of hydrogen-bond donors (Lipinski definition) is 1. The Balaban J connectivity index is 2.44. The molecule has 2 N–H and O–H groups in total. The molecule has 0 fully saturated rings. The van der Waals surface area contributed by atoms with Crippen LogP contribution in [0.2, 0.25) is 0 Å². The summed E-state index contributed by atoms with van der Waals surface area (Å²) >= 11 is 0. The van der Waals surface area contributed by atoms with E-state index < -0.39 is 6.04 Å². The molecule has 0 saturated heterocycles. The summed E-state index contributed by atoms with van der Waals surface area (Å²) in [4.78, 5) is 11.3. The number of benzene rings is 1. The molecule has 19 heavy (non-hydrogen) atoms. The lowest BCUT2D eigenvalue weighted by Crippen LogP contribution is -2.33. The Morgan fingerprint density at radius 3 is 2.47 bits per heavy atom. The average Bonchev–Trinajstić information content (AvgIpc) is 2.43. The largest absolute Gasteiger partial charge is 0.468 e. The van der Waals surface area contributed by atoms with Gasteiger partial charge in [-0.2, -0.15) is 0 Å². The van der Waals surface area contributed by atoms with Gasteiger partial charge in [0, 0.05) is 0 Å². The van der Waals surface area contributed by atoms with Gasteiger partial charge >= 0.3 is 5.97 Å². The lowest BCUT2D eigenvalue weighted by molar-refractivity contribution is -0.142. The van der Waals surface area contributed by atoms with E-state index in [1.54, 1.807) is 0 Å². The number of methoxy groups -OCH3 is 1. The minimum atomic E-state index is -0.493. The molecule has 0 radical (unpaired) electrons. The Morgan fingerprint density at radius 1 is 1.32 bits per heavy atom. The Morgan fingerprint density at radius 2 is 1.95 bits per heavy atom. The molecule has 1 aromatic carbocycles. The molecule has 0 aromatic heterocycles. The molecule has 0 saturated carbocycles. The monoisotopic (exact) mass is 263 g/mol. The van der Waals surface area contributed by atoms with Crippen molar-refractivity contribution in [3.63, 3.8) is 0 Å². The van der Waals surface area contributed by atoms with E-state index in [0.717, 1.165) is 19.3 Å². The SMILES string of the molecule is CCC(CCc1ccc(C)cc1)CC(N)C(=O)OC. The van der Waals surface area contributed by atoms with Crippen LogP contribution in [-0.4, -0.2) is 19.1 Å². The van der Waals surface area contributed by atoms with Gasteiger partial charge in [-0.3, -0.25) is 4.79 Å². The molecule has 1 rings (SSSR count). The first-order valence-electron chi connectivity index (χ1n) is 6.95. The van der Waals surface area contributed by atoms with Crippen LogP contribution in [0.25, 0.3) is 0 Å². The van der Waals surface area contributed by atoms with Crippen molar-refractivity contribution in [1.82, 2.24) is 0 Å². The smallest absolute Gasteiger partial charge is 0.322 e. The van der Waals surface area contributed by atoms with E-state index in [0.29, 0.717) is 12.3 Å². The van der Waals surface area contributed by atoms with Gasteiger partial charge in [-0.25, -0.2) is 0 Å². The van der Waals surface area contributed by atoms with Gasteiger partial charge in [0.05, 0.1) is 7.11 Å². The first kappa shape index (κ1) is 15.7. The van der Waals surface area contributed by atoms with E-state index in [1.807, 2.05) is 0 Å². The molecular formula is C16H25NO2. The van der Waals surface area contributed by atoms with Crippen LogP contribution in [0, 0.1) is 12.8 Å². The maximum atomic E-state index is 11.3. The highest BCUT2D eigenvalue weighted by Gasteiger charge is 2.18. The van der Waals surface area contributed by atoms with Gasteiger partial charge in [0.1, 0.15) is 6.04 Å². The van der Waals surface area contributed by atoms with E-state index in [1.165, 1.54) is 18.2 Å². The fourth-order valence-electron chi connectivity index (χ4n) is 2.22. The van der Waals surface area contributed by atoms with Gasteiger partial charge in [-0.15, -0.1) is 0 Å². The van der Waals surface area contributed by atoms with Crippen molar-refractivity contribution in [2.75, 3.05) is 7.11 Å². The van der Waals surface area contributed by atoms with Crippen molar-refractivity contribution in [2.24, 2.45) is 11.7 Å². The maximum absolute atomic E-state index is 11.3. The van der Waals surface area contributed by atoms with Crippen LogP contribution in [0.3, 0.4) is 0 Å². The van der Waals surface area contributed by atoms with Gasteiger partial charge < -0.3 is 10.5 Å². The second kappa shape index (κ2) is 7.95. The number of rotatable bonds is 7. The highest BCUT2D eigenvalue weighted by atomic mass is 16.5. The molecule has 106 valence electrons. The molecule has 2 unspecified atom stereocenters. The third kappa shape index (κ3) is 5.43. The summed E-state index contributed by atoms with van der Waals surface area (Å²) in [6.45, 7) is 4.23. The minimum Gasteiger partial charge on any atom is -0.468 e. The first-order valence-corrected chi connectivity index (χ1v) is 6.95. The summed E-state index contributed by atoms with van der Waals surface area (Å²) in [7, 11) is 1.38. The van der Waals surface area contributed by atoms with Gasteiger partial charge in [0.25, 0.3) is 0 Å². The Bertz CT molecular complexity index is 386. The molecular weight excluding hydrogens is 238 g/mol. The summed E-state index contributed by atoms with van der Waals surface area (Å²) in [5.74, 6) is 0.157. The molecule has 3 nitrogen and oxygen atoms in total. The summed E-state index contributed by atoms with van der Waals surface area (Å²) in [5, 5.41) is 0. The normalized spacial score (nSPS) is 13.9. The summed E-state index contributed by atoms with van der Waals surface area (Å²) in [6, 6.07) is 8.12. The second-order valence-electron chi connectivity index (χ2n) is 5.16. The molecule has 0 bridgehead atoms. The minimum absolute atomic E-state index is 0.311. The van der Waals surface area contributed by atoms with Gasteiger partial charge in [-0.05, 0) is 37.7 Å². The highest BCUT2D eigenvalue weighted by molar-refractivity contribution is 5.75. The maximum Gasteiger partial charge on any atom is 0.322 e. The molecule has 0 heterocycles. The van der Waals surface area contributed by atoms with Crippen molar-refractivity contribution in [3.8, 4) is 0 Å². The van der Waals surface area contributed by atoms with E-state index in [-0.39, 0.29) is 5.97 Å². The predicted octanol–water partition coefficient (Wildman–Crippen LogP) is 2.84. The van der Waals surface area contributed by atoms with Gasteiger partial charge in [-0.1, -0.05) is 43.2 Å². The van der Waals surface area contributed by atoms with Crippen molar-refractivity contribution in [1.29, 1.82) is 0 Å². The number of ether oxygens (including phenoxy) is 1. The lowest BCUT2D eigenvalue weighted by Gasteiger charge is -2.18. The van der Waals surface area contributed by atoms with E-state index in [9.17, 15) is 4.79 Å². The average molecular weight is 263 g/mol. The number of carbonyl (C=O) groups is 1. The van der Waals surface area contributed by atoms with Gasteiger partial charge in [0.2, 0.25) is 0 Å². The second-order valence-corrected chi connectivity index (χ2v) is 5.16. The highest BCUT2D eigenvalue weighted by Crippen LogP contribution is 2.18. The number of aryl methyl sites for hydroxylation is 2. The zero-order valence-corrected chi connectivity index (χ0v) is 12.2. The van der Waals surface area contributed by atoms with E-state index >= 15 is 0 Å². The van der Waals surface area contributed by atoms with E-state index in [2.05, 4.69) is 42.8 Å². The summed E-state index contributed by atoms with van der Waals surface area (Å²) in [5.41, 5.74) is 8.44. The number of hydrogen-bond acceptors (Lipinski definition) is 3. The molecule has 0 amide bonds. The van der Waals surface area contributed by atoms with Crippen LogP contribution >= 0.6 is 0 Å². The summed E-state index contributed by atoms with van der Waals surface area (Å²) in [6.07, 6.45) is 3.84. The molecule has 1 aromatic rings. The Kier molecular flexibility index (Phi) is 6.57. The van der Waals surface area contributed by atoms with Crippen molar-refractivity contribution >= 4 is 5.97 Å². The van der Waals surface area contributed by atoms with Crippen LogP contribution in [0.15, 0.2) is 24.3 Å². The van der Waals surface area contributed by atoms with Crippen molar-refractivity contribution in [3.05, 3.63) is 35.4 Å². The van der Waals surface area contributed by atoms with Crippen LogP contribution < -0.4 is 5.73 Å². The zero-order chi connectivity index (χ0) is 14.3.